The standard InChI is InChI=1S/C27H27FN10O2/c1-4-22(39)37-9-11-38(12-10-37)27-31-14-19-25(35-27)26(33-15-32-19)34-17-5-7-20(16(2)13-17)40-21-8-6-18(30-3)24(36-29)23(21)28/h4-8,13-15,29-30H,1,9-12H2,2-3H3,(H,32,33,34). The molecule has 0 bridgehead atoms. The zero-order chi connectivity index (χ0) is 28.2. The molecule has 4 aromatic rings. The van der Waals surface area contributed by atoms with Crippen molar-refractivity contribution in [3.05, 3.63) is 66.9 Å². The number of rotatable bonds is 8. The molecule has 3 N–H and O–H groups in total. The molecule has 0 atom stereocenters. The molecule has 1 aliphatic heterocycles. The van der Waals surface area contributed by atoms with E-state index in [-0.39, 0.29) is 17.3 Å². The fourth-order valence-corrected chi connectivity index (χ4v) is 4.38. The normalized spacial score (nSPS) is 13.2. The fourth-order valence-electron chi connectivity index (χ4n) is 4.38. The van der Waals surface area contributed by atoms with Gasteiger partial charge in [0.2, 0.25) is 11.9 Å². The molecule has 0 unspecified atom stereocenters. The van der Waals surface area contributed by atoms with Crippen molar-refractivity contribution in [2.45, 2.75) is 6.92 Å². The Bertz CT molecular complexity index is 1600. The van der Waals surface area contributed by atoms with Crippen molar-refractivity contribution >= 4 is 45.8 Å². The van der Waals surface area contributed by atoms with Crippen LogP contribution in [0.15, 0.2) is 60.6 Å². The lowest BCUT2D eigenvalue weighted by molar-refractivity contribution is -0.126. The smallest absolute Gasteiger partial charge is 0.246 e. The molecule has 0 spiro atoms. The monoisotopic (exact) mass is 542 g/mol. The first-order valence-electron chi connectivity index (χ1n) is 12.5. The fraction of sp³-hybridized carbons (Fsp3) is 0.222. The van der Waals surface area contributed by atoms with E-state index < -0.39 is 5.82 Å². The highest BCUT2D eigenvalue weighted by atomic mass is 19.1. The Kier molecular flexibility index (Phi) is 7.44. The Morgan fingerprint density at radius 1 is 1.15 bits per heavy atom. The van der Waals surface area contributed by atoms with Crippen LogP contribution < -0.4 is 20.3 Å². The summed E-state index contributed by atoms with van der Waals surface area (Å²) in [5.41, 5.74) is 10.1. The number of nitrogens with zero attached hydrogens (tertiary/aromatic N) is 7. The zero-order valence-electron chi connectivity index (χ0n) is 22.0. The minimum Gasteiger partial charge on any atom is -0.454 e. The molecule has 1 fully saturated rings. The van der Waals surface area contributed by atoms with Crippen molar-refractivity contribution < 1.29 is 13.9 Å². The average molecular weight is 543 g/mol. The minimum absolute atomic E-state index is 0.0328. The lowest BCUT2D eigenvalue weighted by Gasteiger charge is -2.34. The number of benzene rings is 2. The summed E-state index contributed by atoms with van der Waals surface area (Å²) < 4.78 is 20.7. The third-order valence-corrected chi connectivity index (χ3v) is 6.53. The maximum absolute atomic E-state index is 14.8. The van der Waals surface area contributed by atoms with Gasteiger partial charge in [-0.1, -0.05) is 6.58 Å². The minimum atomic E-state index is -0.722. The molecule has 0 saturated carbocycles. The van der Waals surface area contributed by atoms with Crippen molar-refractivity contribution in [2.75, 3.05) is 48.8 Å². The molecule has 12 nitrogen and oxygen atoms in total. The average Bonchev–Trinajstić information content (AvgIpc) is 2.98. The highest BCUT2D eigenvalue weighted by molar-refractivity contribution is 5.88. The molecular weight excluding hydrogens is 515 g/mol. The summed E-state index contributed by atoms with van der Waals surface area (Å²) in [5.74, 6) is 0.632. The van der Waals surface area contributed by atoms with E-state index in [1.165, 1.54) is 18.5 Å². The Hall–Kier alpha value is -5.20. The number of anilines is 4. The number of amides is 1. The summed E-state index contributed by atoms with van der Waals surface area (Å²) in [6.07, 6.45) is 4.41. The number of fused-ring (bicyclic) bond motifs is 1. The van der Waals surface area contributed by atoms with Crippen LogP contribution in [-0.4, -0.2) is 64.0 Å². The van der Waals surface area contributed by atoms with Gasteiger partial charge in [-0.2, -0.15) is 5.11 Å². The van der Waals surface area contributed by atoms with Crippen LogP contribution in [0.2, 0.25) is 0 Å². The second-order valence-electron chi connectivity index (χ2n) is 8.99. The van der Waals surface area contributed by atoms with Crippen molar-refractivity contribution in [3.8, 4) is 11.5 Å². The molecule has 13 heteroatoms. The van der Waals surface area contributed by atoms with Gasteiger partial charge in [0.25, 0.3) is 0 Å². The largest absolute Gasteiger partial charge is 0.454 e. The molecule has 1 amide bonds. The van der Waals surface area contributed by atoms with E-state index in [9.17, 15) is 9.18 Å². The molecule has 1 aliphatic rings. The van der Waals surface area contributed by atoms with Gasteiger partial charge < -0.3 is 25.2 Å². The number of hydrogen-bond donors (Lipinski definition) is 3. The van der Waals surface area contributed by atoms with Crippen LogP contribution in [-0.2, 0) is 4.79 Å². The van der Waals surface area contributed by atoms with E-state index in [4.69, 9.17) is 15.3 Å². The second-order valence-corrected chi connectivity index (χ2v) is 8.99. The van der Waals surface area contributed by atoms with E-state index in [1.807, 2.05) is 17.9 Å². The van der Waals surface area contributed by atoms with Crippen LogP contribution in [0.25, 0.3) is 11.0 Å². The van der Waals surface area contributed by atoms with Crippen LogP contribution >= 0.6 is 0 Å². The predicted octanol–water partition coefficient (Wildman–Crippen LogP) is 4.94. The summed E-state index contributed by atoms with van der Waals surface area (Å²) in [6, 6.07) is 8.44. The van der Waals surface area contributed by atoms with E-state index >= 15 is 0 Å². The first-order chi connectivity index (χ1) is 19.4. The molecule has 204 valence electrons. The summed E-state index contributed by atoms with van der Waals surface area (Å²) in [4.78, 5) is 33.5. The number of piperazine rings is 1. The highest BCUT2D eigenvalue weighted by Gasteiger charge is 2.22. The van der Waals surface area contributed by atoms with Crippen LogP contribution in [0.3, 0.4) is 0 Å². The third-order valence-electron chi connectivity index (χ3n) is 6.53. The number of hydrogen-bond acceptors (Lipinski definition) is 11. The maximum Gasteiger partial charge on any atom is 0.246 e. The first kappa shape index (κ1) is 26.4. The molecular formula is C27H27FN10O2. The Balaban J connectivity index is 1.36. The van der Waals surface area contributed by atoms with Gasteiger partial charge in [-0.3, -0.25) is 4.79 Å². The Labute approximate surface area is 229 Å². The van der Waals surface area contributed by atoms with Gasteiger partial charge >= 0.3 is 0 Å². The van der Waals surface area contributed by atoms with Crippen molar-refractivity contribution in [1.29, 1.82) is 5.53 Å². The second kappa shape index (κ2) is 11.3. The van der Waals surface area contributed by atoms with E-state index in [1.54, 1.807) is 36.3 Å². The SMILES string of the molecule is C=CC(=O)N1CCN(c2ncc3ncnc(Nc4ccc(Oc5ccc(NC)c(N=N)c5F)c(C)c4)c3n2)CC1. The summed E-state index contributed by atoms with van der Waals surface area (Å²) in [6.45, 7) is 7.69. The maximum atomic E-state index is 14.8. The lowest BCUT2D eigenvalue weighted by Crippen LogP contribution is -2.48. The van der Waals surface area contributed by atoms with Crippen LogP contribution in [0, 0.1) is 18.3 Å². The van der Waals surface area contributed by atoms with Crippen molar-refractivity contribution in [1.82, 2.24) is 24.8 Å². The molecule has 2 aromatic carbocycles. The Morgan fingerprint density at radius 2 is 1.93 bits per heavy atom. The Morgan fingerprint density at radius 3 is 2.62 bits per heavy atom. The van der Waals surface area contributed by atoms with Gasteiger partial charge in [0.05, 0.1) is 11.9 Å². The van der Waals surface area contributed by atoms with Crippen LogP contribution in [0.5, 0.6) is 11.5 Å². The number of nitrogens with one attached hydrogen (secondary N) is 3. The van der Waals surface area contributed by atoms with Gasteiger partial charge in [-0.05, 0) is 48.9 Å². The zero-order valence-corrected chi connectivity index (χ0v) is 22.0. The number of aryl methyl sites for hydroxylation is 1. The van der Waals surface area contributed by atoms with Crippen molar-refractivity contribution in [3.63, 3.8) is 0 Å². The molecule has 1 saturated heterocycles. The first-order valence-corrected chi connectivity index (χ1v) is 12.5. The van der Waals surface area contributed by atoms with Gasteiger partial charge in [0, 0.05) is 38.9 Å². The summed E-state index contributed by atoms with van der Waals surface area (Å²) in [7, 11) is 1.63. The van der Waals surface area contributed by atoms with Crippen LogP contribution in [0.1, 0.15) is 5.56 Å². The quantitative estimate of drug-likeness (QED) is 0.208. The third kappa shape index (κ3) is 5.21. The molecule has 3 heterocycles. The lowest BCUT2D eigenvalue weighted by atomic mass is 10.2. The van der Waals surface area contributed by atoms with Gasteiger partial charge in [-0.25, -0.2) is 29.9 Å². The van der Waals surface area contributed by atoms with E-state index in [0.717, 1.165) is 11.3 Å². The number of carbonyl (C=O) groups is 1. The molecule has 0 radical (unpaired) electrons. The number of ether oxygens (including phenoxy) is 1. The van der Waals surface area contributed by atoms with Gasteiger partial charge in [-0.15, -0.1) is 0 Å². The molecule has 40 heavy (non-hydrogen) atoms. The topological polar surface area (TPSA) is 145 Å². The predicted molar refractivity (Wildman–Crippen MR) is 149 cm³/mol. The van der Waals surface area contributed by atoms with Gasteiger partial charge in [0.1, 0.15) is 28.8 Å². The summed E-state index contributed by atoms with van der Waals surface area (Å²) in [5, 5.41) is 9.37. The van der Waals surface area contributed by atoms with E-state index in [0.29, 0.717) is 60.4 Å². The van der Waals surface area contributed by atoms with Gasteiger partial charge in [0.15, 0.2) is 17.4 Å². The van der Waals surface area contributed by atoms with Crippen molar-refractivity contribution in [2.24, 2.45) is 5.11 Å². The number of halogens is 1. The molecule has 0 aliphatic carbocycles. The highest BCUT2D eigenvalue weighted by Crippen LogP contribution is 2.37. The molecule has 2 aromatic heterocycles. The number of aromatic nitrogens is 4. The summed E-state index contributed by atoms with van der Waals surface area (Å²) >= 11 is 0. The molecule has 5 rings (SSSR count). The number of carbonyl (C=O) groups excluding carboxylic acids is 1. The van der Waals surface area contributed by atoms with Crippen LogP contribution in [0.4, 0.5) is 33.2 Å². The van der Waals surface area contributed by atoms with E-state index in [2.05, 4.69) is 37.3 Å².